The molecule has 20 heavy (non-hydrogen) atoms. The van der Waals surface area contributed by atoms with Crippen molar-refractivity contribution in [3.63, 3.8) is 0 Å². The molecule has 0 saturated heterocycles. The number of carbonyl (C=O) groups is 1. The van der Waals surface area contributed by atoms with Crippen molar-refractivity contribution >= 4 is 11.9 Å². The lowest BCUT2D eigenvalue weighted by atomic mass is 10.2. The van der Waals surface area contributed by atoms with E-state index >= 15 is 0 Å². The quantitative estimate of drug-likeness (QED) is 0.520. The summed E-state index contributed by atoms with van der Waals surface area (Å²) in [4.78, 5) is 15.8. The topological polar surface area (TPSA) is 79.5 Å². The number of nitrogens with one attached hydrogen (secondary N) is 2. The molecule has 0 heterocycles. The van der Waals surface area contributed by atoms with Gasteiger partial charge < -0.3 is 16.4 Å². The van der Waals surface area contributed by atoms with E-state index in [9.17, 15) is 4.79 Å². The van der Waals surface area contributed by atoms with E-state index in [0.29, 0.717) is 25.5 Å². The first kappa shape index (κ1) is 16.0. The highest BCUT2D eigenvalue weighted by Crippen LogP contribution is 1.99. The lowest BCUT2D eigenvalue weighted by Crippen LogP contribution is -2.37. The average Bonchev–Trinajstić information content (AvgIpc) is 2.46. The predicted octanol–water partition coefficient (Wildman–Crippen LogP) is 1.40. The average molecular weight is 276 g/mol. The van der Waals surface area contributed by atoms with Crippen molar-refractivity contribution < 1.29 is 4.79 Å². The summed E-state index contributed by atoms with van der Waals surface area (Å²) in [6, 6.07) is 10.1. The fraction of sp³-hybridized carbons (Fsp3) is 0.467. The standard InChI is InChI=1S/C15H24N4O/c1-3-12(2)19-14(20)9-10-17-15(16)18-11-13-7-5-4-6-8-13/h4-8,12H,3,9-11H2,1-2H3,(H,19,20)(H3,16,17,18)/t12-/m0/s1. The molecule has 0 aliphatic carbocycles. The minimum Gasteiger partial charge on any atom is -0.370 e. The molecule has 0 aliphatic rings. The summed E-state index contributed by atoms with van der Waals surface area (Å²) < 4.78 is 0. The number of nitrogens with two attached hydrogens (primary N) is 1. The second-order valence-electron chi connectivity index (χ2n) is 4.74. The van der Waals surface area contributed by atoms with Crippen LogP contribution in [0.1, 0.15) is 32.3 Å². The molecule has 1 aromatic carbocycles. The molecule has 110 valence electrons. The highest BCUT2D eigenvalue weighted by Gasteiger charge is 2.04. The lowest BCUT2D eigenvalue weighted by Gasteiger charge is -2.11. The number of carbonyl (C=O) groups excluding carboxylic acids is 1. The van der Waals surface area contributed by atoms with Gasteiger partial charge in [-0.15, -0.1) is 0 Å². The molecule has 0 aromatic heterocycles. The Hall–Kier alpha value is -2.04. The fourth-order valence-electron chi connectivity index (χ4n) is 1.57. The molecular weight excluding hydrogens is 252 g/mol. The first-order valence-electron chi connectivity index (χ1n) is 6.99. The minimum atomic E-state index is 0.0303. The van der Waals surface area contributed by atoms with Gasteiger partial charge in [0.1, 0.15) is 0 Å². The normalized spacial score (nSPS) is 12.8. The number of hydrogen-bond donors (Lipinski definition) is 3. The molecule has 0 saturated carbocycles. The summed E-state index contributed by atoms with van der Waals surface area (Å²) in [5, 5.41) is 5.84. The van der Waals surface area contributed by atoms with Gasteiger partial charge in [0.2, 0.25) is 5.91 Å². The first-order valence-corrected chi connectivity index (χ1v) is 6.99. The maximum atomic E-state index is 11.5. The van der Waals surface area contributed by atoms with Gasteiger partial charge in [0, 0.05) is 19.0 Å². The van der Waals surface area contributed by atoms with E-state index in [1.54, 1.807) is 0 Å². The van der Waals surface area contributed by atoms with Gasteiger partial charge >= 0.3 is 0 Å². The van der Waals surface area contributed by atoms with Crippen molar-refractivity contribution in [3.05, 3.63) is 35.9 Å². The maximum absolute atomic E-state index is 11.5. The molecule has 0 fully saturated rings. The van der Waals surface area contributed by atoms with Crippen LogP contribution in [0, 0.1) is 0 Å². The number of guanidine groups is 1. The summed E-state index contributed by atoms with van der Waals surface area (Å²) in [5.41, 5.74) is 6.85. The second-order valence-corrected chi connectivity index (χ2v) is 4.74. The molecule has 5 nitrogen and oxygen atoms in total. The Balaban J connectivity index is 2.22. The zero-order valence-corrected chi connectivity index (χ0v) is 12.2. The highest BCUT2D eigenvalue weighted by molar-refractivity contribution is 5.80. The number of benzene rings is 1. The van der Waals surface area contributed by atoms with Crippen molar-refractivity contribution in [2.24, 2.45) is 10.7 Å². The molecule has 0 unspecified atom stereocenters. The zero-order chi connectivity index (χ0) is 14.8. The number of amides is 1. The first-order chi connectivity index (χ1) is 9.61. The summed E-state index contributed by atoms with van der Waals surface area (Å²) >= 11 is 0. The molecule has 1 rings (SSSR count). The van der Waals surface area contributed by atoms with Crippen LogP contribution in [-0.2, 0) is 11.3 Å². The number of aliphatic imine (C=N–C) groups is 1. The molecule has 5 heteroatoms. The van der Waals surface area contributed by atoms with E-state index in [4.69, 9.17) is 5.73 Å². The predicted molar refractivity (Wildman–Crippen MR) is 82.3 cm³/mol. The third kappa shape index (κ3) is 6.78. The largest absolute Gasteiger partial charge is 0.370 e. The Morgan fingerprint density at radius 2 is 2.05 bits per heavy atom. The summed E-state index contributed by atoms with van der Waals surface area (Å²) in [6.07, 6.45) is 1.33. The monoisotopic (exact) mass is 276 g/mol. The van der Waals surface area contributed by atoms with E-state index in [2.05, 4.69) is 15.6 Å². The fourth-order valence-corrected chi connectivity index (χ4v) is 1.57. The van der Waals surface area contributed by atoms with Crippen molar-refractivity contribution in [1.82, 2.24) is 10.6 Å². The van der Waals surface area contributed by atoms with Gasteiger partial charge in [0.05, 0.1) is 6.54 Å². The van der Waals surface area contributed by atoms with Gasteiger partial charge in [-0.2, -0.15) is 0 Å². The van der Waals surface area contributed by atoms with Crippen LogP contribution in [0.5, 0.6) is 0 Å². The molecule has 1 aromatic rings. The highest BCUT2D eigenvalue weighted by atomic mass is 16.1. The van der Waals surface area contributed by atoms with Crippen LogP contribution >= 0.6 is 0 Å². The van der Waals surface area contributed by atoms with Crippen molar-refractivity contribution in [3.8, 4) is 0 Å². The van der Waals surface area contributed by atoms with Crippen LogP contribution in [0.3, 0.4) is 0 Å². The molecular formula is C15H24N4O. The second kappa shape index (κ2) is 8.96. The van der Waals surface area contributed by atoms with E-state index in [1.807, 2.05) is 44.2 Å². The van der Waals surface area contributed by atoms with Crippen molar-refractivity contribution in [1.29, 1.82) is 0 Å². The van der Waals surface area contributed by atoms with E-state index in [0.717, 1.165) is 12.0 Å². The van der Waals surface area contributed by atoms with Gasteiger partial charge in [0.25, 0.3) is 0 Å². The van der Waals surface area contributed by atoms with Crippen LogP contribution in [-0.4, -0.2) is 24.5 Å². The molecule has 1 amide bonds. The van der Waals surface area contributed by atoms with E-state index < -0.39 is 0 Å². The molecule has 0 radical (unpaired) electrons. The van der Waals surface area contributed by atoms with Gasteiger partial charge in [0.15, 0.2) is 5.96 Å². The van der Waals surface area contributed by atoms with Gasteiger partial charge in [-0.1, -0.05) is 37.3 Å². The molecule has 0 aliphatic heterocycles. The van der Waals surface area contributed by atoms with Gasteiger partial charge in [-0.25, -0.2) is 4.99 Å². The molecule has 0 bridgehead atoms. The SMILES string of the molecule is CC[C@H](C)NC(=O)CCNC(N)=NCc1ccccc1. The van der Waals surface area contributed by atoms with Crippen LogP contribution in [0.15, 0.2) is 35.3 Å². The van der Waals surface area contributed by atoms with Gasteiger partial charge in [-0.3, -0.25) is 4.79 Å². The van der Waals surface area contributed by atoms with Crippen LogP contribution in [0.2, 0.25) is 0 Å². The number of hydrogen-bond acceptors (Lipinski definition) is 2. The Morgan fingerprint density at radius 1 is 1.35 bits per heavy atom. The minimum absolute atomic E-state index is 0.0303. The van der Waals surface area contributed by atoms with Crippen LogP contribution in [0.4, 0.5) is 0 Å². The van der Waals surface area contributed by atoms with E-state index in [1.165, 1.54) is 0 Å². The van der Waals surface area contributed by atoms with Crippen LogP contribution < -0.4 is 16.4 Å². The summed E-state index contributed by atoms with van der Waals surface area (Å²) in [5.74, 6) is 0.396. The van der Waals surface area contributed by atoms with Crippen LogP contribution in [0.25, 0.3) is 0 Å². The maximum Gasteiger partial charge on any atom is 0.221 e. The Morgan fingerprint density at radius 3 is 2.70 bits per heavy atom. The third-order valence-electron chi connectivity index (χ3n) is 2.95. The zero-order valence-electron chi connectivity index (χ0n) is 12.2. The molecule has 1 atom stereocenters. The summed E-state index contributed by atoms with van der Waals surface area (Å²) in [7, 11) is 0. The van der Waals surface area contributed by atoms with Gasteiger partial charge in [-0.05, 0) is 18.9 Å². The Labute approximate surface area is 120 Å². The summed E-state index contributed by atoms with van der Waals surface area (Å²) in [6.45, 7) is 5.06. The van der Waals surface area contributed by atoms with E-state index in [-0.39, 0.29) is 11.9 Å². The molecule has 4 N–H and O–H groups in total. The Kier molecular flexibility index (Phi) is 7.17. The smallest absolute Gasteiger partial charge is 0.221 e. The third-order valence-corrected chi connectivity index (χ3v) is 2.95. The van der Waals surface area contributed by atoms with Crippen molar-refractivity contribution in [2.75, 3.05) is 6.54 Å². The van der Waals surface area contributed by atoms with Crippen molar-refractivity contribution in [2.45, 2.75) is 39.3 Å². The Bertz CT molecular complexity index is 431. The number of rotatable bonds is 7. The molecule has 0 spiro atoms. The number of nitrogens with zero attached hydrogens (tertiary/aromatic N) is 1. The lowest BCUT2D eigenvalue weighted by molar-refractivity contribution is -0.121.